The average Bonchev–Trinajstić information content (AvgIpc) is 3.18. The molecule has 26 heavy (non-hydrogen) atoms. The molecule has 1 heterocycles. The van der Waals surface area contributed by atoms with Crippen molar-refractivity contribution in [3.63, 3.8) is 0 Å². The molecule has 0 saturated carbocycles. The SMILES string of the molecule is Cc1cc(C#N)ccc1Oc1ccc2c(c1)CC[C@H]2c1oc(=O)[nH]c1O. The van der Waals surface area contributed by atoms with Crippen molar-refractivity contribution in [2.75, 3.05) is 0 Å². The summed E-state index contributed by atoms with van der Waals surface area (Å²) in [5.74, 6) is 0.688. The van der Waals surface area contributed by atoms with Crippen molar-refractivity contribution in [2.24, 2.45) is 0 Å². The van der Waals surface area contributed by atoms with Crippen molar-refractivity contribution in [3.05, 3.63) is 75.0 Å². The largest absolute Gasteiger partial charge is 0.492 e. The van der Waals surface area contributed by atoms with Crippen LogP contribution in [-0.2, 0) is 6.42 Å². The van der Waals surface area contributed by atoms with Crippen molar-refractivity contribution in [1.29, 1.82) is 5.26 Å². The predicted molar refractivity (Wildman–Crippen MR) is 93.6 cm³/mol. The van der Waals surface area contributed by atoms with E-state index in [9.17, 15) is 9.90 Å². The summed E-state index contributed by atoms with van der Waals surface area (Å²) >= 11 is 0. The van der Waals surface area contributed by atoms with E-state index in [0.29, 0.717) is 17.1 Å². The van der Waals surface area contributed by atoms with Crippen molar-refractivity contribution >= 4 is 0 Å². The fourth-order valence-electron chi connectivity index (χ4n) is 3.46. The van der Waals surface area contributed by atoms with Gasteiger partial charge in [-0.1, -0.05) is 6.07 Å². The summed E-state index contributed by atoms with van der Waals surface area (Å²) in [7, 11) is 0. The number of nitrogens with zero attached hydrogens (tertiary/aromatic N) is 1. The van der Waals surface area contributed by atoms with Crippen LogP contribution in [0.2, 0.25) is 0 Å². The van der Waals surface area contributed by atoms with Gasteiger partial charge in [0, 0.05) is 5.92 Å². The van der Waals surface area contributed by atoms with Crippen LogP contribution in [0.5, 0.6) is 17.4 Å². The van der Waals surface area contributed by atoms with Gasteiger partial charge in [0.2, 0.25) is 5.88 Å². The van der Waals surface area contributed by atoms with Crippen LogP contribution in [-0.4, -0.2) is 10.1 Å². The fraction of sp³-hybridized carbons (Fsp3) is 0.200. The highest BCUT2D eigenvalue weighted by Crippen LogP contribution is 2.42. The normalized spacial score (nSPS) is 15.5. The number of nitriles is 1. The lowest BCUT2D eigenvalue weighted by Crippen LogP contribution is -1.97. The van der Waals surface area contributed by atoms with E-state index in [2.05, 4.69) is 11.1 Å². The molecule has 6 heteroatoms. The van der Waals surface area contributed by atoms with Crippen LogP contribution in [0.1, 0.15) is 40.4 Å². The predicted octanol–water partition coefficient (Wildman–Crippen LogP) is 3.72. The summed E-state index contributed by atoms with van der Waals surface area (Å²) in [6, 6.07) is 13.2. The van der Waals surface area contributed by atoms with Gasteiger partial charge in [-0.3, -0.25) is 4.98 Å². The quantitative estimate of drug-likeness (QED) is 0.751. The molecule has 0 amide bonds. The number of fused-ring (bicyclic) bond motifs is 1. The molecule has 1 atom stereocenters. The maximum absolute atomic E-state index is 11.3. The number of H-pyrrole nitrogens is 1. The van der Waals surface area contributed by atoms with Gasteiger partial charge in [0.05, 0.1) is 11.6 Å². The fourth-order valence-corrected chi connectivity index (χ4v) is 3.46. The lowest BCUT2D eigenvalue weighted by atomic mass is 9.99. The van der Waals surface area contributed by atoms with E-state index < -0.39 is 5.76 Å². The standard InChI is InChI=1S/C20H16N2O4/c1-11-8-12(10-21)2-7-17(11)25-14-4-6-15-13(9-14)3-5-16(15)18-19(23)22-20(24)26-18/h2,4,6-9,16,23H,3,5H2,1H3,(H,22,24)/t16-/m1/s1. The number of rotatable bonds is 3. The topological polar surface area (TPSA) is 99.2 Å². The van der Waals surface area contributed by atoms with E-state index in [1.807, 2.05) is 25.1 Å². The second kappa shape index (κ2) is 6.12. The molecular formula is C20H16N2O4. The van der Waals surface area contributed by atoms with E-state index in [1.54, 1.807) is 18.2 Å². The number of ether oxygens (including phenoxy) is 1. The third-order valence-electron chi connectivity index (χ3n) is 4.70. The Balaban J connectivity index is 1.62. The van der Waals surface area contributed by atoms with E-state index in [0.717, 1.165) is 29.5 Å². The molecule has 0 aliphatic heterocycles. The van der Waals surface area contributed by atoms with Gasteiger partial charge in [0.25, 0.3) is 0 Å². The lowest BCUT2D eigenvalue weighted by molar-refractivity contribution is 0.407. The zero-order valence-electron chi connectivity index (χ0n) is 14.1. The second-order valence-electron chi connectivity index (χ2n) is 6.37. The first-order valence-corrected chi connectivity index (χ1v) is 8.28. The highest BCUT2D eigenvalue weighted by molar-refractivity contribution is 5.48. The molecule has 6 nitrogen and oxygen atoms in total. The summed E-state index contributed by atoms with van der Waals surface area (Å²) in [6.45, 7) is 1.90. The first kappa shape index (κ1) is 16.0. The third kappa shape index (κ3) is 2.74. The average molecular weight is 348 g/mol. The Kier molecular flexibility index (Phi) is 3.77. The zero-order chi connectivity index (χ0) is 18.3. The summed E-state index contributed by atoms with van der Waals surface area (Å²) in [4.78, 5) is 13.6. The third-order valence-corrected chi connectivity index (χ3v) is 4.70. The minimum absolute atomic E-state index is 0.144. The van der Waals surface area contributed by atoms with Crippen LogP contribution >= 0.6 is 0 Å². The van der Waals surface area contributed by atoms with Gasteiger partial charge in [0.15, 0.2) is 5.76 Å². The Bertz CT molecular complexity index is 1090. The minimum Gasteiger partial charge on any atom is -0.492 e. The highest BCUT2D eigenvalue weighted by atomic mass is 16.5. The molecule has 0 spiro atoms. The summed E-state index contributed by atoms with van der Waals surface area (Å²) in [5.41, 5.74) is 3.61. The first-order chi connectivity index (χ1) is 12.5. The second-order valence-corrected chi connectivity index (χ2v) is 6.37. The first-order valence-electron chi connectivity index (χ1n) is 8.28. The summed E-state index contributed by atoms with van der Waals surface area (Å²) in [6.07, 6.45) is 1.56. The monoisotopic (exact) mass is 348 g/mol. The minimum atomic E-state index is -0.651. The molecule has 1 aliphatic carbocycles. The number of oxazole rings is 1. The van der Waals surface area contributed by atoms with Gasteiger partial charge in [-0.05, 0) is 66.8 Å². The van der Waals surface area contributed by atoms with Crippen LogP contribution in [0, 0.1) is 18.3 Å². The number of aromatic hydroxyl groups is 1. The molecule has 0 radical (unpaired) electrons. The van der Waals surface area contributed by atoms with Crippen molar-refractivity contribution in [1.82, 2.24) is 4.98 Å². The number of benzene rings is 2. The zero-order valence-corrected chi connectivity index (χ0v) is 14.1. The molecule has 0 bridgehead atoms. The molecule has 0 fully saturated rings. The maximum Gasteiger partial charge on any atom is 0.419 e. The molecular weight excluding hydrogens is 332 g/mol. The van der Waals surface area contributed by atoms with E-state index >= 15 is 0 Å². The smallest absolute Gasteiger partial charge is 0.419 e. The van der Waals surface area contributed by atoms with Crippen molar-refractivity contribution in [2.45, 2.75) is 25.7 Å². The molecule has 1 aliphatic rings. The van der Waals surface area contributed by atoms with Crippen molar-refractivity contribution < 1.29 is 14.3 Å². The number of aryl methyl sites for hydroxylation is 2. The number of hydrogen-bond acceptors (Lipinski definition) is 5. The Labute approximate surface area is 149 Å². The van der Waals surface area contributed by atoms with Crippen molar-refractivity contribution in [3.8, 4) is 23.4 Å². The van der Waals surface area contributed by atoms with Crippen LogP contribution in [0.4, 0.5) is 0 Å². The molecule has 130 valence electrons. The van der Waals surface area contributed by atoms with Crippen LogP contribution in [0.25, 0.3) is 0 Å². The Morgan fingerprint density at radius 2 is 2.15 bits per heavy atom. The summed E-state index contributed by atoms with van der Waals surface area (Å²) < 4.78 is 11.1. The molecule has 0 saturated heterocycles. The highest BCUT2D eigenvalue weighted by Gasteiger charge is 2.30. The molecule has 2 aromatic carbocycles. The van der Waals surface area contributed by atoms with Gasteiger partial charge in [-0.2, -0.15) is 5.26 Å². The Morgan fingerprint density at radius 1 is 1.31 bits per heavy atom. The van der Waals surface area contributed by atoms with Crippen LogP contribution < -0.4 is 10.5 Å². The van der Waals surface area contributed by atoms with Crippen LogP contribution in [0.3, 0.4) is 0 Å². The van der Waals surface area contributed by atoms with Crippen LogP contribution in [0.15, 0.2) is 45.6 Å². The molecule has 3 aromatic rings. The van der Waals surface area contributed by atoms with Gasteiger partial charge >= 0.3 is 5.76 Å². The number of aromatic amines is 1. The Hall–Kier alpha value is -3.46. The van der Waals surface area contributed by atoms with E-state index in [4.69, 9.17) is 14.4 Å². The van der Waals surface area contributed by atoms with Gasteiger partial charge in [0.1, 0.15) is 11.5 Å². The number of hydrogen-bond donors (Lipinski definition) is 2. The molecule has 2 N–H and O–H groups in total. The van der Waals surface area contributed by atoms with E-state index in [1.165, 1.54) is 0 Å². The maximum atomic E-state index is 11.3. The van der Waals surface area contributed by atoms with Gasteiger partial charge in [-0.15, -0.1) is 0 Å². The van der Waals surface area contributed by atoms with E-state index in [-0.39, 0.29) is 17.6 Å². The molecule has 1 aromatic heterocycles. The van der Waals surface area contributed by atoms with Gasteiger partial charge < -0.3 is 14.3 Å². The number of aromatic nitrogens is 1. The number of nitrogens with one attached hydrogen (secondary N) is 1. The lowest BCUT2D eigenvalue weighted by Gasteiger charge is -2.12. The Morgan fingerprint density at radius 3 is 2.85 bits per heavy atom. The van der Waals surface area contributed by atoms with Gasteiger partial charge in [-0.25, -0.2) is 4.79 Å². The summed E-state index contributed by atoms with van der Waals surface area (Å²) in [5, 5.41) is 18.8. The molecule has 4 rings (SSSR count). The molecule has 0 unspecified atom stereocenters.